The first kappa shape index (κ1) is 12.3. The predicted octanol–water partition coefficient (Wildman–Crippen LogP) is 1.33. The molecule has 94 valence electrons. The molecule has 2 aromatic rings. The molecule has 0 aliphatic heterocycles. The molecular weight excluding hydrogens is 232 g/mol. The van der Waals surface area contributed by atoms with Gasteiger partial charge in [0.05, 0.1) is 17.3 Å². The van der Waals surface area contributed by atoms with Gasteiger partial charge in [-0.05, 0) is 19.1 Å². The summed E-state index contributed by atoms with van der Waals surface area (Å²) in [4.78, 5) is 11.6. The van der Waals surface area contributed by atoms with Gasteiger partial charge in [-0.25, -0.2) is 0 Å². The van der Waals surface area contributed by atoms with E-state index in [0.29, 0.717) is 23.0 Å². The van der Waals surface area contributed by atoms with Gasteiger partial charge >= 0.3 is 0 Å². The predicted molar refractivity (Wildman–Crippen MR) is 66.8 cm³/mol. The van der Waals surface area contributed by atoms with Gasteiger partial charge in [0, 0.05) is 6.92 Å². The Bertz CT molecular complexity index is 563. The second-order valence-electron chi connectivity index (χ2n) is 3.95. The van der Waals surface area contributed by atoms with E-state index in [9.17, 15) is 4.79 Å². The highest BCUT2D eigenvalue weighted by Gasteiger charge is 2.14. The molecule has 6 heteroatoms. The summed E-state index contributed by atoms with van der Waals surface area (Å²) in [6.45, 7) is 3.33. The summed E-state index contributed by atoms with van der Waals surface area (Å²) in [5.41, 5.74) is 6.79. The number of para-hydroxylation sites is 1. The first-order valence-corrected chi connectivity index (χ1v) is 5.54. The number of carbonyl (C=O) groups excluding carboxylic acids is 1. The molecule has 0 radical (unpaired) electrons. The summed E-state index contributed by atoms with van der Waals surface area (Å²) in [6, 6.07) is 6.61. The smallest absolute Gasteiger partial charge is 0.249 e. The Morgan fingerprint density at radius 1 is 1.39 bits per heavy atom. The lowest BCUT2D eigenvalue weighted by atomic mass is 10.1. The molecule has 3 N–H and O–H groups in total. The maximum Gasteiger partial charge on any atom is 0.249 e. The molecule has 1 heterocycles. The molecule has 1 aromatic carbocycles. The van der Waals surface area contributed by atoms with Crippen molar-refractivity contribution in [2.24, 2.45) is 5.73 Å². The standard InChI is InChI=1S/C12H14N4O2/c1-7(13)11(17)14-10-6-4-3-5-9(10)12-16-15-8(2)18-12/h3-7H,13H2,1-2H3,(H,14,17)/t7-/m0/s1. The Hall–Kier alpha value is -2.21. The molecule has 0 saturated carbocycles. The maximum absolute atomic E-state index is 11.6. The van der Waals surface area contributed by atoms with Crippen molar-refractivity contribution in [1.29, 1.82) is 0 Å². The number of amides is 1. The van der Waals surface area contributed by atoms with Gasteiger partial charge in [-0.1, -0.05) is 12.1 Å². The largest absolute Gasteiger partial charge is 0.421 e. The molecule has 0 aliphatic carbocycles. The van der Waals surface area contributed by atoms with E-state index in [2.05, 4.69) is 15.5 Å². The fourth-order valence-electron chi connectivity index (χ4n) is 1.43. The number of aromatic nitrogens is 2. The van der Waals surface area contributed by atoms with Crippen molar-refractivity contribution in [3.05, 3.63) is 30.2 Å². The molecule has 6 nitrogen and oxygen atoms in total. The molecule has 0 bridgehead atoms. The number of anilines is 1. The number of carbonyl (C=O) groups is 1. The number of nitrogens with two attached hydrogens (primary N) is 1. The third-order valence-electron chi connectivity index (χ3n) is 2.35. The fourth-order valence-corrected chi connectivity index (χ4v) is 1.43. The normalized spacial score (nSPS) is 12.2. The summed E-state index contributed by atoms with van der Waals surface area (Å²) in [6.07, 6.45) is 0. The number of aryl methyl sites for hydroxylation is 1. The number of rotatable bonds is 3. The van der Waals surface area contributed by atoms with Crippen LogP contribution in [0.1, 0.15) is 12.8 Å². The van der Waals surface area contributed by atoms with Crippen molar-refractivity contribution in [2.75, 3.05) is 5.32 Å². The number of hydrogen-bond acceptors (Lipinski definition) is 5. The van der Waals surface area contributed by atoms with Crippen LogP contribution in [0.3, 0.4) is 0 Å². The molecule has 0 aliphatic rings. The molecular formula is C12H14N4O2. The van der Waals surface area contributed by atoms with Gasteiger partial charge < -0.3 is 15.5 Å². The summed E-state index contributed by atoms with van der Waals surface area (Å²) >= 11 is 0. The summed E-state index contributed by atoms with van der Waals surface area (Å²) in [7, 11) is 0. The number of benzene rings is 1. The third kappa shape index (κ3) is 2.54. The Morgan fingerprint density at radius 3 is 2.72 bits per heavy atom. The highest BCUT2D eigenvalue weighted by Crippen LogP contribution is 2.26. The second-order valence-corrected chi connectivity index (χ2v) is 3.95. The van der Waals surface area contributed by atoms with Gasteiger partial charge in [-0.2, -0.15) is 0 Å². The zero-order valence-corrected chi connectivity index (χ0v) is 10.2. The third-order valence-corrected chi connectivity index (χ3v) is 2.35. The van der Waals surface area contributed by atoms with Crippen LogP contribution in [0.15, 0.2) is 28.7 Å². The molecule has 1 amide bonds. The number of hydrogen-bond donors (Lipinski definition) is 2. The Balaban J connectivity index is 2.34. The molecule has 1 atom stereocenters. The van der Waals surface area contributed by atoms with Crippen molar-refractivity contribution in [3.63, 3.8) is 0 Å². The van der Waals surface area contributed by atoms with E-state index in [1.54, 1.807) is 26.0 Å². The Kier molecular flexibility index (Phi) is 3.38. The van der Waals surface area contributed by atoms with Gasteiger partial charge in [-0.3, -0.25) is 4.79 Å². The van der Waals surface area contributed by atoms with E-state index in [0.717, 1.165) is 0 Å². The van der Waals surface area contributed by atoms with Crippen molar-refractivity contribution >= 4 is 11.6 Å². The first-order chi connectivity index (χ1) is 8.58. The van der Waals surface area contributed by atoms with Crippen LogP contribution < -0.4 is 11.1 Å². The SMILES string of the molecule is Cc1nnc(-c2ccccc2NC(=O)[C@H](C)N)o1. The van der Waals surface area contributed by atoms with Crippen LogP contribution in [-0.4, -0.2) is 22.1 Å². The molecule has 0 unspecified atom stereocenters. The van der Waals surface area contributed by atoms with E-state index in [-0.39, 0.29) is 5.91 Å². The van der Waals surface area contributed by atoms with Crippen LogP contribution in [0.2, 0.25) is 0 Å². The molecule has 2 rings (SSSR count). The molecule has 0 fully saturated rings. The Labute approximate surface area is 104 Å². The summed E-state index contributed by atoms with van der Waals surface area (Å²) in [5, 5.41) is 10.4. The second kappa shape index (κ2) is 4.97. The van der Waals surface area contributed by atoms with Gasteiger partial charge in [-0.15, -0.1) is 10.2 Å². The number of nitrogens with zero attached hydrogens (tertiary/aromatic N) is 2. The van der Waals surface area contributed by atoms with Crippen LogP contribution in [0.4, 0.5) is 5.69 Å². The maximum atomic E-state index is 11.6. The quantitative estimate of drug-likeness (QED) is 0.852. The van der Waals surface area contributed by atoms with Crippen molar-refractivity contribution in [1.82, 2.24) is 10.2 Å². The summed E-state index contributed by atoms with van der Waals surface area (Å²) < 4.78 is 5.35. The molecule has 0 saturated heterocycles. The lowest BCUT2D eigenvalue weighted by Gasteiger charge is -2.10. The van der Waals surface area contributed by atoms with E-state index >= 15 is 0 Å². The minimum absolute atomic E-state index is 0.265. The zero-order valence-electron chi connectivity index (χ0n) is 10.2. The van der Waals surface area contributed by atoms with Gasteiger partial charge in [0.15, 0.2) is 0 Å². The topological polar surface area (TPSA) is 94.0 Å². The fraction of sp³-hybridized carbons (Fsp3) is 0.250. The zero-order chi connectivity index (χ0) is 13.1. The number of nitrogens with one attached hydrogen (secondary N) is 1. The van der Waals surface area contributed by atoms with E-state index in [4.69, 9.17) is 10.2 Å². The van der Waals surface area contributed by atoms with E-state index in [1.807, 2.05) is 12.1 Å². The van der Waals surface area contributed by atoms with Crippen LogP contribution in [0, 0.1) is 6.92 Å². The van der Waals surface area contributed by atoms with Crippen LogP contribution in [-0.2, 0) is 4.79 Å². The van der Waals surface area contributed by atoms with Crippen LogP contribution >= 0.6 is 0 Å². The molecule has 0 spiro atoms. The first-order valence-electron chi connectivity index (χ1n) is 5.54. The highest BCUT2D eigenvalue weighted by molar-refractivity contribution is 5.97. The molecule has 1 aromatic heterocycles. The van der Waals surface area contributed by atoms with Gasteiger partial charge in [0.2, 0.25) is 17.7 Å². The van der Waals surface area contributed by atoms with Crippen molar-refractivity contribution in [3.8, 4) is 11.5 Å². The lowest BCUT2D eigenvalue weighted by Crippen LogP contribution is -2.32. The molecule has 18 heavy (non-hydrogen) atoms. The van der Waals surface area contributed by atoms with Crippen LogP contribution in [0.25, 0.3) is 11.5 Å². The minimum atomic E-state index is -0.581. The van der Waals surface area contributed by atoms with Gasteiger partial charge in [0.25, 0.3) is 0 Å². The average Bonchev–Trinajstić information content (AvgIpc) is 2.76. The van der Waals surface area contributed by atoms with Gasteiger partial charge in [0.1, 0.15) is 0 Å². The van der Waals surface area contributed by atoms with E-state index < -0.39 is 6.04 Å². The highest BCUT2D eigenvalue weighted by atomic mass is 16.4. The average molecular weight is 246 g/mol. The summed E-state index contributed by atoms with van der Waals surface area (Å²) in [5.74, 6) is 0.574. The lowest BCUT2D eigenvalue weighted by molar-refractivity contribution is -0.117. The van der Waals surface area contributed by atoms with Crippen molar-refractivity contribution in [2.45, 2.75) is 19.9 Å². The Morgan fingerprint density at radius 2 is 2.11 bits per heavy atom. The van der Waals surface area contributed by atoms with Crippen molar-refractivity contribution < 1.29 is 9.21 Å². The minimum Gasteiger partial charge on any atom is -0.421 e. The van der Waals surface area contributed by atoms with E-state index in [1.165, 1.54) is 0 Å². The monoisotopic (exact) mass is 246 g/mol. The van der Waals surface area contributed by atoms with Crippen LogP contribution in [0.5, 0.6) is 0 Å².